The normalized spacial score (nSPS) is 12.7. The molecule has 0 aliphatic heterocycles. The monoisotopic (exact) mass is 398 g/mol. The zero-order chi connectivity index (χ0) is 20.9. The van der Waals surface area contributed by atoms with Gasteiger partial charge in [-0.3, -0.25) is 4.99 Å². The van der Waals surface area contributed by atoms with E-state index in [0.717, 1.165) is 36.4 Å². The van der Waals surface area contributed by atoms with Crippen LogP contribution < -0.4 is 15.4 Å². The third-order valence-electron chi connectivity index (χ3n) is 4.63. The van der Waals surface area contributed by atoms with E-state index >= 15 is 0 Å². The van der Waals surface area contributed by atoms with Crippen LogP contribution >= 0.6 is 0 Å². The maximum absolute atomic E-state index is 9.69. The summed E-state index contributed by atoms with van der Waals surface area (Å²) in [5.41, 5.74) is 2.26. The Hall–Kier alpha value is -2.57. The highest BCUT2D eigenvalue weighted by atomic mass is 16.5. The number of nitrogens with one attached hydrogen (secondary N) is 2. The number of hydrogen-bond acceptors (Lipinski definition) is 4. The molecule has 3 N–H and O–H groups in total. The summed E-state index contributed by atoms with van der Waals surface area (Å²) in [5.74, 6) is 1.63. The van der Waals surface area contributed by atoms with Crippen molar-refractivity contribution in [2.45, 2.75) is 18.9 Å². The maximum Gasteiger partial charge on any atom is 0.191 e. The fraction of sp³-hybridized carbons (Fsp3) is 0.435. The summed E-state index contributed by atoms with van der Waals surface area (Å²) < 4.78 is 5.77. The third-order valence-corrected chi connectivity index (χ3v) is 4.63. The van der Waals surface area contributed by atoms with Gasteiger partial charge in [0, 0.05) is 32.6 Å². The summed E-state index contributed by atoms with van der Waals surface area (Å²) in [7, 11) is 5.88. The molecule has 0 amide bonds. The number of aliphatic imine (C=N–C) groups is 1. The van der Waals surface area contributed by atoms with Crippen molar-refractivity contribution in [1.29, 1.82) is 0 Å². The smallest absolute Gasteiger partial charge is 0.191 e. The first kappa shape index (κ1) is 22.7. The van der Waals surface area contributed by atoms with Crippen molar-refractivity contribution in [3.8, 4) is 5.75 Å². The summed E-state index contributed by atoms with van der Waals surface area (Å²) >= 11 is 0. The molecule has 0 spiro atoms. The summed E-state index contributed by atoms with van der Waals surface area (Å²) in [6, 6.07) is 18.1. The summed E-state index contributed by atoms with van der Waals surface area (Å²) in [5, 5.41) is 16.3. The SMILES string of the molecule is CN=C(NCc1ccc(OCCCN(C)C)cc1)NCC(CO)c1ccccc1. The van der Waals surface area contributed by atoms with E-state index in [1.54, 1.807) is 7.05 Å². The lowest BCUT2D eigenvalue weighted by Crippen LogP contribution is -2.39. The largest absolute Gasteiger partial charge is 0.494 e. The van der Waals surface area contributed by atoms with Gasteiger partial charge in [-0.05, 0) is 43.8 Å². The first-order valence-electron chi connectivity index (χ1n) is 10.1. The van der Waals surface area contributed by atoms with Crippen molar-refractivity contribution < 1.29 is 9.84 Å². The van der Waals surface area contributed by atoms with E-state index in [2.05, 4.69) is 46.8 Å². The van der Waals surface area contributed by atoms with Gasteiger partial charge in [0.2, 0.25) is 0 Å². The number of rotatable bonds is 11. The van der Waals surface area contributed by atoms with Crippen molar-refractivity contribution >= 4 is 5.96 Å². The zero-order valence-corrected chi connectivity index (χ0v) is 17.8. The highest BCUT2D eigenvalue weighted by molar-refractivity contribution is 5.79. The topological polar surface area (TPSA) is 69.1 Å². The Balaban J connectivity index is 1.75. The van der Waals surface area contributed by atoms with E-state index in [0.29, 0.717) is 19.0 Å². The van der Waals surface area contributed by atoms with Crippen LogP contribution in [0.3, 0.4) is 0 Å². The molecule has 0 heterocycles. The zero-order valence-electron chi connectivity index (χ0n) is 17.8. The molecule has 0 saturated heterocycles. The Morgan fingerprint density at radius 2 is 1.79 bits per heavy atom. The molecule has 158 valence electrons. The Kier molecular flexibility index (Phi) is 10.0. The molecule has 0 aliphatic carbocycles. The molecule has 6 nitrogen and oxygen atoms in total. The molecule has 29 heavy (non-hydrogen) atoms. The van der Waals surface area contributed by atoms with Crippen LogP contribution in [0.15, 0.2) is 59.6 Å². The lowest BCUT2D eigenvalue weighted by Gasteiger charge is -2.18. The first-order chi connectivity index (χ1) is 14.1. The molecule has 0 aromatic heterocycles. The number of hydrogen-bond donors (Lipinski definition) is 3. The fourth-order valence-electron chi connectivity index (χ4n) is 2.91. The molecule has 1 atom stereocenters. The molecule has 2 rings (SSSR count). The average molecular weight is 399 g/mol. The van der Waals surface area contributed by atoms with Gasteiger partial charge in [0.1, 0.15) is 5.75 Å². The number of aliphatic hydroxyl groups is 1. The molecular formula is C23H34N4O2. The predicted molar refractivity (Wildman–Crippen MR) is 120 cm³/mol. The van der Waals surface area contributed by atoms with Crippen LogP contribution in [-0.2, 0) is 6.54 Å². The molecular weight excluding hydrogens is 364 g/mol. The van der Waals surface area contributed by atoms with E-state index < -0.39 is 0 Å². The van der Waals surface area contributed by atoms with Crippen LogP contribution in [-0.4, -0.2) is 63.4 Å². The number of nitrogens with zero attached hydrogens (tertiary/aromatic N) is 2. The summed E-state index contributed by atoms with van der Waals surface area (Å²) in [6.07, 6.45) is 1.01. The van der Waals surface area contributed by atoms with Crippen molar-refractivity contribution in [2.24, 2.45) is 4.99 Å². The fourth-order valence-corrected chi connectivity index (χ4v) is 2.91. The van der Waals surface area contributed by atoms with E-state index in [1.165, 1.54) is 0 Å². The van der Waals surface area contributed by atoms with Crippen molar-refractivity contribution in [2.75, 3.05) is 47.4 Å². The van der Waals surface area contributed by atoms with Gasteiger partial charge >= 0.3 is 0 Å². The van der Waals surface area contributed by atoms with Crippen molar-refractivity contribution in [3.63, 3.8) is 0 Å². The molecule has 0 saturated carbocycles. The number of aliphatic hydroxyl groups excluding tert-OH is 1. The van der Waals surface area contributed by atoms with Crippen LogP contribution in [0.5, 0.6) is 5.75 Å². The van der Waals surface area contributed by atoms with E-state index in [9.17, 15) is 5.11 Å². The maximum atomic E-state index is 9.69. The molecule has 1 unspecified atom stereocenters. The van der Waals surface area contributed by atoms with E-state index in [-0.39, 0.29) is 12.5 Å². The lowest BCUT2D eigenvalue weighted by molar-refractivity contribution is 0.265. The minimum Gasteiger partial charge on any atom is -0.494 e. The van der Waals surface area contributed by atoms with E-state index in [4.69, 9.17) is 4.74 Å². The number of guanidine groups is 1. The van der Waals surface area contributed by atoms with Crippen LogP contribution in [0, 0.1) is 0 Å². The minimum atomic E-state index is 0.0266. The first-order valence-corrected chi connectivity index (χ1v) is 10.1. The van der Waals surface area contributed by atoms with Gasteiger partial charge in [-0.2, -0.15) is 0 Å². The van der Waals surface area contributed by atoms with Crippen LogP contribution in [0.25, 0.3) is 0 Å². The highest BCUT2D eigenvalue weighted by Crippen LogP contribution is 2.14. The Morgan fingerprint density at radius 1 is 1.07 bits per heavy atom. The highest BCUT2D eigenvalue weighted by Gasteiger charge is 2.10. The van der Waals surface area contributed by atoms with Gasteiger partial charge in [-0.25, -0.2) is 0 Å². The second-order valence-corrected chi connectivity index (χ2v) is 7.25. The second kappa shape index (κ2) is 12.8. The third kappa shape index (κ3) is 8.54. The van der Waals surface area contributed by atoms with Gasteiger partial charge in [0.05, 0.1) is 13.2 Å². The van der Waals surface area contributed by atoms with Crippen LogP contribution in [0.2, 0.25) is 0 Å². The minimum absolute atomic E-state index is 0.0266. The van der Waals surface area contributed by atoms with Gasteiger partial charge in [-0.1, -0.05) is 42.5 Å². The Morgan fingerprint density at radius 3 is 2.41 bits per heavy atom. The summed E-state index contributed by atoms with van der Waals surface area (Å²) in [6.45, 7) is 3.11. The standard InChI is InChI=1S/C23H34N4O2/c1-24-23(26-17-21(18-28)20-8-5-4-6-9-20)25-16-19-10-12-22(13-11-19)29-15-7-14-27(2)3/h4-6,8-13,21,28H,7,14-18H2,1-3H3,(H2,24,25,26). The molecule has 6 heteroatoms. The van der Waals surface area contributed by atoms with Crippen LogP contribution in [0.4, 0.5) is 0 Å². The molecule has 0 radical (unpaired) electrons. The lowest BCUT2D eigenvalue weighted by atomic mass is 10.0. The number of benzene rings is 2. The molecule has 2 aromatic carbocycles. The Bertz CT molecular complexity index is 717. The molecule has 0 fully saturated rings. The predicted octanol–water partition coefficient (Wildman–Crippen LogP) is 2.46. The van der Waals surface area contributed by atoms with Gasteiger partial charge in [0.25, 0.3) is 0 Å². The van der Waals surface area contributed by atoms with Gasteiger partial charge < -0.3 is 25.4 Å². The Labute approximate surface area is 174 Å². The molecule has 0 bridgehead atoms. The van der Waals surface area contributed by atoms with Gasteiger partial charge in [-0.15, -0.1) is 0 Å². The number of ether oxygens (including phenoxy) is 1. The van der Waals surface area contributed by atoms with Gasteiger partial charge in [0.15, 0.2) is 5.96 Å². The molecule has 2 aromatic rings. The van der Waals surface area contributed by atoms with Crippen LogP contribution in [0.1, 0.15) is 23.5 Å². The molecule has 0 aliphatic rings. The summed E-state index contributed by atoms with van der Waals surface area (Å²) in [4.78, 5) is 6.42. The van der Waals surface area contributed by atoms with Crippen molar-refractivity contribution in [3.05, 3.63) is 65.7 Å². The quantitative estimate of drug-likeness (QED) is 0.308. The van der Waals surface area contributed by atoms with E-state index in [1.807, 2.05) is 42.5 Å². The second-order valence-electron chi connectivity index (χ2n) is 7.25. The average Bonchev–Trinajstić information content (AvgIpc) is 2.75. The van der Waals surface area contributed by atoms with Crippen molar-refractivity contribution in [1.82, 2.24) is 15.5 Å².